The molecule has 2 aromatic carbocycles. The zero-order valence-electron chi connectivity index (χ0n) is 18.5. The van der Waals surface area contributed by atoms with Crippen molar-refractivity contribution in [1.82, 2.24) is 0 Å². The monoisotopic (exact) mass is 482 g/mol. The first-order valence-corrected chi connectivity index (χ1v) is 10.7. The Morgan fingerprint density at radius 3 is 2.57 bits per heavy atom. The van der Waals surface area contributed by atoms with Gasteiger partial charge in [-0.15, -0.1) is 0 Å². The van der Waals surface area contributed by atoms with Crippen LogP contribution in [-0.4, -0.2) is 57.2 Å². The number of fused-ring (bicyclic) bond motifs is 2. The molecule has 3 unspecified atom stereocenters. The van der Waals surface area contributed by atoms with E-state index in [1.807, 2.05) is 0 Å². The number of hydrogen-bond acceptors (Lipinski definition) is 10. The molecule has 0 saturated carbocycles. The quantitative estimate of drug-likeness (QED) is 0.439. The number of carbonyl (C=O) groups excluding carboxylic acids is 1. The van der Waals surface area contributed by atoms with E-state index in [0.717, 1.165) is 6.07 Å². The zero-order valence-corrected chi connectivity index (χ0v) is 18.5. The van der Waals surface area contributed by atoms with Crippen molar-refractivity contribution in [3.8, 4) is 28.7 Å². The zero-order chi connectivity index (χ0) is 24.9. The molecule has 3 atom stereocenters. The van der Waals surface area contributed by atoms with Crippen molar-refractivity contribution in [2.24, 2.45) is 0 Å². The number of rotatable bonds is 4. The predicted octanol–water partition coefficient (Wildman–Crippen LogP) is 2.54. The van der Waals surface area contributed by atoms with Crippen molar-refractivity contribution in [2.45, 2.75) is 24.7 Å². The van der Waals surface area contributed by atoms with E-state index in [2.05, 4.69) is 0 Å². The lowest BCUT2D eigenvalue weighted by Gasteiger charge is -2.31. The van der Waals surface area contributed by atoms with Crippen molar-refractivity contribution in [2.75, 3.05) is 13.7 Å². The molecule has 182 valence electrons. The number of ether oxygens (including phenoxy) is 4. The second-order valence-corrected chi connectivity index (χ2v) is 8.22. The average molecular weight is 482 g/mol. The van der Waals surface area contributed by atoms with Gasteiger partial charge in [-0.1, -0.05) is 12.1 Å². The first-order valence-electron chi connectivity index (χ1n) is 10.7. The van der Waals surface area contributed by atoms with Crippen LogP contribution in [0.5, 0.6) is 28.7 Å². The van der Waals surface area contributed by atoms with Gasteiger partial charge in [0.2, 0.25) is 5.78 Å². The Morgan fingerprint density at radius 1 is 1.03 bits per heavy atom. The van der Waals surface area contributed by atoms with Gasteiger partial charge in [0, 0.05) is 31.2 Å². The number of carbonyl (C=O) groups is 1. The van der Waals surface area contributed by atoms with Gasteiger partial charge in [0.1, 0.15) is 41.3 Å². The third-order valence-electron chi connectivity index (χ3n) is 6.03. The Morgan fingerprint density at radius 2 is 1.83 bits per heavy atom. The highest BCUT2D eigenvalue weighted by molar-refractivity contribution is 6.05. The number of aliphatic hydroxyl groups excluding tert-OH is 3. The Labute approximate surface area is 199 Å². The Kier molecular flexibility index (Phi) is 5.64. The molecule has 10 heteroatoms. The fourth-order valence-electron chi connectivity index (χ4n) is 4.26. The minimum Gasteiger partial charge on any atom is -0.510 e. The SMILES string of the molecule is COC1CC(C2=C(CO)Oc3ccc(C4Oc5cc(O)cc(O)c5C(=O)C4O)cc3O2)=CC=C1O. The number of benzene rings is 2. The maximum atomic E-state index is 12.7. The third kappa shape index (κ3) is 3.87. The van der Waals surface area contributed by atoms with Crippen molar-refractivity contribution < 1.29 is 49.3 Å². The minimum absolute atomic E-state index is 0.0623. The van der Waals surface area contributed by atoms with Crippen molar-refractivity contribution in [3.05, 3.63) is 76.5 Å². The van der Waals surface area contributed by atoms with Crippen LogP contribution in [-0.2, 0) is 4.74 Å². The second kappa shape index (κ2) is 8.66. The van der Waals surface area contributed by atoms with Crippen LogP contribution in [0.25, 0.3) is 0 Å². The maximum absolute atomic E-state index is 12.7. The average Bonchev–Trinajstić information content (AvgIpc) is 2.85. The smallest absolute Gasteiger partial charge is 0.202 e. The summed E-state index contributed by atoms with van der Waals surface area (Å²) < 4.78 is 22.9. The first kappa shape index (κ1) is 22.8. The molecule has 3 aliphatic rings. The van der Waals surface area contributed by atoms with Crippen LogP contribution >= 0.6 is 0 Å². The van der Waals surface area contributed by atoms with E-state index in [0.29, 0.717) is 16.9 Å². The van der Waals surface area contributed by atoms with Gasteiger partial charge >= 0.3 is 0 Å². The lowest BCUT2D eigenvalue weighted by molar-refractivity contribution is 0.0209. The van der Waals surface area contributed by atoms with E-state index < -0.39 is 36.5 Å². The highest BCUT2D eigenvalue weighted by atomic mass is 16.6. The molecule has 2 heterocycles. The Balaban J connectivity index is 1.48. The summed E-state index contributed by atoms with van der Waals surface area (Å²) in [6, 6.07) is 6.82. The highest BCUT2D eigenvalue weighted by Gasteiger charge is 2.40. The van der Waals surface area contributed by atoms with Crippen molar-refractivity contribution >= 4 is 5.78 Å². The topological polar surface area (TPSA) is 155 Å². The Bertz CT molecular complexity index is 1310. The van der Waals surface area contributed by atoms with Crippen molar-refractivity contribution in [1.29, 1.82) is 0 Å². The molecular weight excluding hydrogens is 460 g/mol. The molecule has 35 heavy (non-hydrogen) atoms. The molecule has 0 fully saturated rings. The standard InChI is InChI=1S/C25H22O10/c1-32-17-6-11(2-4-14(17)28)24-20(10-26)33-16-5-3-12(7-18(16)34-24)25-23(31)22(30)21-15(29)8-13(27)9-19(21)35-25/h2-5,7-9,17,23,25-29,31H,6,10H2,1H3. The van der Waals surface area contributed by atoms with Crippen LogP contribution in [0.3, 0.4) is 0 Å². The normalized spacial score (nSPS) is 23.3. The van der Waals surface area contributed by atoms with Gasteiger partial charge in [0.05, 0.1) is 0 Å². The van der Waals surface area contributed by atoms with Gasteiger partial charge in [-0.3, -0.25) is 4.79 Å². The van der Waals surface area contributed by atoms with E-state index in [1.165, 1.54) is 25.3 Å². The fourth-order valence-corrected chi connectivity index (χ4v) is 4.26. The summed E-state index contributed by atoms with van der Waals surface area (Å²) >= 11 is 0. The van der Waals surface area contributed by atoms with Crippen LogP contribution in [0.15, 0.2) is 65.3 Å². The molecule has 10 nitrogen and oxygen atoms in total. The molecular formula is C25H22O10. The lowest BCUT2D eigenvalue weighted by Crippen LogP contribution is -2.36. The Hall–Kier alpha value is -3.99. The number of aliphatic hydroxyl groups is 3. The molecule has 0 aromatic heterocycles. The van der Waals surface area contributed by atoms with E-state index in [9.17, 15) is 30.3 Å². The maximum Gasteiger partial charge on any atom is 0.202 e. The van der Waals surface area contributed by atoms with Crippen LogP contribution in [0.2, 0.25) is 0 Å². The number of phenolic OH excluding ortho intramolecular Hbond substituents is 2. The van der Waals surface area contributed by atoms with Crippen molar-refractivity contribution in [3.63, 3.8) is 0 Å². The van der Waals surface area contributed by atoms with E-state index in [1.54, 1.807) is 18.2 Å². The molecule has 0 radical (unpaired) electrons. The molecule has 0 spiro atoms. The van der Waals surface area contributed by atoms with Gasteiger partial charge in [-0.25, -0.2) is 0 Å². The van der Waals surface area contributed by atoms with Gasteiger partial charge in [-0.2, -0.15) is 0 Å². The first-order chi connectivity index (χ1) is 16.8. The number of Topliss-reactive ketones (excluding diaryl/α,β-unsaturated/α-hetero) is 1. The number of ketones is 1. The van der Waals surface area contributed by atoms with Gasteiger partial charge in [-0.05, 0) is 23.8 Å². The summed E-state index contributed by atoms with van der Waals surface area (Å²) in [6.45, 7) is -0.441. The number of hydrogen-bond donors (Lipinski definition) is 5. The molecule has 1 aliphatic carbocycles. The van der Waals surface area contributed by atoms with Crippen LogP contribution in [0, 0.1) is 0 Å². The second-order valence-electron chi connectivity index (χ2n) is 8.22. The molecule has 5 N–H and O–H groups in total. The third-order valence-corrected chi connectivity index (χ3v) is 6.03. The van der Waals surface area contributed by atoms with Gasteiger partial charge in [0.25, 0.3) is 0 Å². The summed E-state index contributed by atoms with van der Waals surface area (Å²) in [5.41, 5.74) is 0.785. The minimum atomic E-state index is -1.62. The number of allylic oxidation sites excluding steroid dienone is 3. The summed E-state index contributed by atoms with van der Waals surface area (Å²) in [5.74, 6) is -0.578. The number of aromatic hydroxyl groups is 2. The molecule has 2 aliphatic heterocycles. The highest BCUT2D eigenvalue weighted by Crippen LogP contribution is 2.45. The number of phenols is 2. The lowest BCUT2D eigenvalue weighted by atomic mass is 9.92. The predicted molar refractivity (Wildman–Crippen MR) is 119 cm³/mol. The summed E-state index contributed by atoms with van der Waals surface area (Å²) in [4.78, 5) is 12.7. The summed E-state index contributed by atoms with van der Waals surface area (Å²) in [5, 5.41) is 50.2. The van der Waals surface area contributed by atoms with Crippen LogP contribution < -0.4 is 14.2 Å². The van der Waals surface area contributed by atoms with E-state index in [4.69, 9.17) is 18.9 Å². The number of methoxy groups -OCH3 is 1. The molecule has 2 aromatic rings. The van der Waals surface area contributed by atoms with E-state index in [-0.39, 0.29) is 46.5 Å². The van der Waals surface area contributed by atoms with Gasteiger partial charge < -0.3 is 44.5 Å². The fraction of sp³-hybridized carbons (Fsp3) is 0.240. The molecule has 0 bridgehead atoms. The van der Waals surface area contributed by atoms with Gasteiger partial charge in [0.15, 0.2) is 35.2 Å². The van der Waals surface area contributed by atoms with Crippen LogP contribution in [0.4, 0.5) is 0 Å². The summed E-state index contributed by atoms with van der Waals surface area (Å²) in [6.07, 6.45) is 0.0341. The summed E-state index contributed by atoms with van der Waals surface area (Å²) in [7, 11) is 1.47. The van der Waals surface area contributed by atoms with E-state index >= 15 is 0 Å². The molecule has 0 saturated heterocycles. The molecule has 5 rings (SSSR count). The van der Waals surface area contributed by atoms with Crippen LogP contribution in [0.1, 0.15) is 28.4 Å². The molecule has 0 amide bonds. The largest absolute Gasteiger partial charge is 0.510 e.